The van der Waals surface area contributed by atoms with Crippen LogP contribution in [0.1, 0.15) is 0 Å². The van der Waals surface area contributed by atoms with E-state index >= 15 is 0 Å². The fourth-order valence-corrected chi connectivity index (χ4v) is 1.22. The van der Waals surface area contributed by atoms with Gasteiger partial charge in [0.15, 0.2) is 0 Å². The molecule has 0 aliphatic carbocycles. The molecule has 0 unspecified atom stereocenters. The number of ether oxygens (including phenoxy) is 1. The second kappa shape index (κ2) is 4.92. The molecule has 0 heterocycles. The Bertz CT molecular complexity index is 373. The van der Waals surface area contributed by atoms with Gasteiger partial charge in [-0.3, -0.25) is 10.1 Å². The van der Waals surface area contributed by atoms with E-state index in [4.69, 9.17) is 0 Å². The molecule has 0 aromatic heterocycles. The Kier molecular flexibility index (Phi) is 3.84. The zero-order chi connectivity index (χ0) is 11.4. The zero-order valence-electron chi connectivity index (χ0n) is 7.39. The summed E-state index contributed by atoms with van der Waals surface area (Å²) in [5.41, 5.74) is -0.273. The molecule has 0 saturated heterocycles. The molecule has 0 N–H and O–H groups in total. The number of benzene rings is 1. The topological polar surface area (TPSA) is 52.4 Å². The van der Waals surface area contributed by atoms with Crippen molar-refractivity contribution in [1.82, 2.24) is 0 Å². The molecule has 0 radical (unpaired) electrons. The molecular weight excluding hydrogens is 228 g/mol. The Balaban J connectivity index is 2.89. The highest BCUT2D eigenvalue weighted by Crippen LogP contribution is 2.31. The van der Waals surface area contributed by atoms with Crippen LogP contribution in [-0.4, -0.2) is 18.0 Å². The number of nitro groups is 1. The largest absolute Gasteiger partial charge is 0.486 e. The molecule has 0 aliphatic heterocycles. The van der Waals surface area contributed by atoms with E-state index in [9.17, 15) is 18.9 Å². The number of rotatable bonds is 4. The molecule has 82 valence electrons. The number of nitrogens with zero attached hydrogens (tertiary/aromatic N) is 1. The van der Waals surface area contributed by atoms with Crippen LogP contribution >= 0.6 is 12.6 Å². The summed E-state index contributed by atoms with van der Waals surface area (Å²) >= 11 is 3.84. The lowest BCUT2D eigenvalue weighted by atomic mass is 10.3. The fourth-order valence-electron chi connectivity index (χ4n) is 0.927. The second-order valence-electron chi connectivity index (χ2n) is 2.58. The van der Waals surface area contributed by atoms with Crippen LogP contribution in [0, 0.1) is 10.1 Å². The molecular formula is C8H7F2NO3S. The van der Waals surface area contributed by atoms with Gasteiger partial charge >= 0.3 is 0 Å². The number of halogens is 2. The molecule has 1 aromatic carbocycles. The van der Waals surface area contributed by atoms with Crippen LogP contribution < -0.4 is 4.74 Å². The zero-order valence-corrected chi connectivity index (χ0v) is 8.29. The molecule has 1 aromatic rings. The Hall–Kier alpha value is -1.37. The highest BCUT2D eigenvalue weighted by atomic mass is 32.1. The number of thiol groups is 1. The van der Waals surface area contributed by atoms with Crippen LogP contribution in [0.3, 0.4) is 0 Å². The van der Waals surface area contributed by atoms with E-state index < -0.39 is 18.0 Å². The monoisotopic (exact) mass is 235 g/mol. The van der Waals surface area contributed by atoms with Gasteiger partial charge in [0.25, 0.3) is 12.1 Å². The first-order chi connectivity index (χ1) is 7.02. The molecule has 0 fully saturated rings. The normalized spacial score (nSPS) is 10.4. The second-order valence-corrected chi connectivity index (χ2v) is 3.03. The molecule has 0 saturated carbocycles. The van der Waals surface area contributed by atoms with Gasteiger partial charge in [0, 0.05) is 6.07 Å². The van der Waals surface area contributed by atoms with Crippen molar-refractivity contribution < 1.29 is 18.4 Å². The third kappa shape index (κ3) is 3.05. The summed E-state index contributed by atoms with van der Waals surface area (Å²) in [6, 6.07) is 3.91. The third-order valence-electron chi connectivity index (χ3n) is 1.54. The molecule has 0 amide bonds. The van der Waals surface area contributed by atoms with E-state index in [2.05, 4.69) is 17.4 Å². The van der Waals surface area contributed by atoms with Crippen molar-refractivity contribution in [1.29, 1.82) is 0 Å². The SMILES string of the molecule is O=[N+]([O-])c1cccc(OCC(F)F)c1S. The molecule has 7 heteroatoms. The minimum absolute atomic E-state index is 0.0205. The maximum atomic E-state index is 11.8. The Morgan fingerprint density at radius 3 is 2.73 bits per heavy atom. The van der Waals surface area contributed by atoms with Crippen molar-refractivity contribution in [2.45, 2.75) is 11.3 Å². The van der Waals surface area contributed by atoms with Gasteiger partial charge in [-0.1, -0.05) is 6.07 Å². The quantitative estimate of drug-likeness (QED) is 0.495. The Morgan fingerprint density at radius 1 is 1.53 bits per heavy atom. The summed E-state index contributed by atoms with van der Waals surface area (Å²) in [7, 11) is 0. The minimum Gasteiger partial charge on any atom is -0.486 e. The van der Waals surface area contributed by atoms with E-state index in [0.717, 1.165) is 0 Å². The van der Waals surface area contributed by atoms with Crippen LogP contribution in [0.5, 0.6) is 5.75 Å². The molecule has 1 rings (SSSR count). The summed E-state index contributed by atoms with van der Waals surface area (Å²) in [5.74, 6) is -0.0205. The van der Waals surface area contributed by atoms with Crippen LogP contribution in [0.4, 0.5) is 14.5 Å². The summed E-state index contributed by atoms with van der Waals surface area (Å²) in [5, 5.41) is 10.5. The van der Waals surface area contributed by atoms with Crippen molar-refractivity contribution in [2.75, 3.05) is 6.61 Å². The van der Waals surface area contributed by atoms with Crippen molar-refractivity contribution in [2.24, 2.45) is 0 Å². The first kappa shape index (κ1) is 11.7. The number of alkyl halides is 2. The number of hydrogen-bond acceptors (Lipinski definition) is 4. The third-order valence-corrected chi connectivity index (χ3v) is 1.99. The molecule has 4 nitrogen and oxygen atoms in total. The van der Waals surface area contributed by atoms with E-state index in [-0.39, 0.29) is 16.3 Å². The summed E-state index contributed by atoms with van der Waals surface area (Å²) < 4.78 is 28.3. The average Bonchev–Trinajstić information content (AvgIpc) is 2.15. The lowest BCUT2D eigenvalue weighted by molar-refractivity contribution is -0.387. The van der Waals surface area contributed by atoms with Gasteiger partial charge in [-0.2, -0.15) is 0 Å². The highest BCUT2D eigenvalue weighted by molar-refractivity contribution is 7.80. The Morgan fingerprint density at radius 2 is 2.20 bits per heavy atom. The molecule has 15 heavy (non-hydrogen) atoms. The first-order valence-electron chi connectivity index (χ1n) is 3.89. The number of nitro benzene ring substituents is 1. The minimum atomic E-state index is -2.63. The lowest BCUT2D eigenvalue weighted by Gasteiger charge is -2.07. The van der Waals surface area contributed by atoms with Crippen molar-refractivity contribution in [3.05, 3.63) is 28.3 Å². The smallest absolute Gasteiger partial charge is 0.286 e. The van der Waals surface area contributed by atoms with E-state index in [1.54, 1.807) is 0 Å². The van der Waals surface area contributed by atoms with Gasteiger partial charge in [0.2, 0.25) is 0 Å². The van der Waals surface area contributed by atoms with E-state index in [1.807, 2.05) is 0 Å². The predicted molar refractivity (Wildman–Crippen MR) is 51.8 cm³/mol. The van der Waals surface area contributed by atoms with Crippen LogP contribution in [0.15, 0.2) is 23.1 Å². The maximum absolute atomic E-state index is 11.8. The number of hydrogen-bond donors (Lipinski definition) is 1. The standard InChI is InChI=1S/C8H7F2NO3S/c9-7(10)4-14-6-3-1-2-5(8(6)15)11(12)13/h1-3,7,15H,4H2. The summed E-state index contributed by atoms with van der Waals surface area (Å²) in [6.07, 6.45) is -2.63. The molecule has 0 spiro atoms. The molecule has 0 bridgehead atoms. The van der Waals surface area contributed by atoms with Gasteiger partial charge in [-0.05, 0) is 6.07 Å². The molecule has 0 atom stereocenters. The van der Waals surface area contributed by atoms with Crippen molar-refractivity contribution in [3.63, 3.8) is 0 Å². The predicted octanol–water partition coefficient (Wildman–Crippen LogP) is 2.53. The first-order valence-corrected chi connectivity index (χ1v) is 4.34. The summed E-state index contributed by atoms with van der Waals surface area (Å²) in [4.78, 5) is 9.76. The maximum Gasteiger partial charge on any atom is 0.286 e. The van der Waals surface area contributed by atoms with Gasteiger partial charge in [-0.25, -0.2) is 8.78 Å². The van der Waals surface area contributed by atoms with Crippen LogP contribution in [-0.2, 0) is 0 Å². The van der Waals surface area contributed by atoms with Crippen LogP contribution in [0.2, 0.25) is 0 Å². The average molecular weight is 235 g/mol. The fraction of sp³-hybridized carbons (Fsp3) is 0.250. The van der Waals surface area contributed by atoms with Crippen LogP contribution in [0.25, 0.3) is 0 Å². The van der Waals surface area contributed by atoms with Gasteiger partial charge < -0.3 is 4.74 Å². The van der Waals surface area contributed by atoms with Crippen molar-refractivity contribution >= 4 is 18.3 Å². The van der Waals surface area contributed by atoms with E-state index in [0.29, 0.717) is 0 Å². The van der Waals surface area contributed by atoms with Gasteiger partial charge in [-0.15, -0.1) is 12.6 Å². The Labute approximate surface area is 89.4 Å². The van der Waals surface area contributed by atoms with Crippen molar-refractivity contribution in [3.8, 4) is 5.75 Å². The summed E-state index contributed by atoms with van der Waals surface area (Å²) in [6.45, 7) is -0.811. The van der Waals surface area contributed by atoms with Gasteiger partial charge in [0.1, 0.15) is 17.3 Å². The van der Waals surface area contributed by atoms with E-state index in [1.165, 1.54) is 18.2 Å². The lowest BCUT2D eigenvalue weighted by Crippen LogP contribution is -2.07. The molecule has 0 aliphatic rings. The van der Waals surface area contributed by atoms with Gasteiger partial charge in [0.05, 0.1) is 4.92 Å². The highest BCUT2D eigenvalue weighted by Gasteiger charge is 2.16.